The van der Waals surface area contributed by atoms with Gasteiger partial charge in [-0.1, -0.05) is 13.8 Å². The highest BCUT2D eigenvalue weighted by Gasteiger charge is 2.28. The average Bonchev–Trinajstić information content (AvgIpc) is 2.80. The van der Waals surface area contributed by atoms with Gasteiger partial charge in [0.25, 0.3) is 5.91 Å². The Morgan fingerprint density at radius 1 is 1.33 bits per heavy atom. The van der Waals surface area contributed by atoms with Crippen LogP contribution in [-0.2, 0) is 0 Å². The van der Waals surface area contributed by atoms with E-state index >= 15 is 0 Å². The molecule has 1 saturated carbocycles. The number of carbonyl (C=O) groups excluding carboxylic acids is 1. The Kier molecular flexibility index (Phi) is 3.80. The van der Waals surface area contributed by atoms with Gasteiger partial charge in [-0.3, -0.25) is 4.79 Å². The van der Waals surface area contributed by atoms with E-state index in [1.807, 2.05) is 0 Å². The van der Waals surface area contributed by atoms with Crippen molar-refractivity contribution in [2.45, 2.75) is 39.2 Å². The molecule has 6 heteroatoms. The van der Waals surface area contributed by atoms with Crippen LogP contribution in [-0.4, -0.2) is 21.9 Å². The first kappa shape index (κ1) is 14.3. The predicted octanol–water partition coefficient (Wildman–Crippen LogP) is 2.83. The predicted molar refractivity (Wildman–Crippen MR) is 85.3 cm³/mol. The summed E-state index contributed by atoms with van der Waals surface area (Å²) in [5.74, 6) is 1.16. The summed E-state index contributed by atoms with van der Waals surface area (Å²) >= 11 is 1.31. The maximum absolute atomic E-state index is 12.5. The van der Waals surface area contributed by atoms with Gasteiger partial charge in [0, 0.05) is 18.4 Å². The Balaban J connectivity index is 1.79. The summed E-state index contributed by atoms with van der Waals surface area (Å²) in [6, 6.07) is 0.235. The Bertz CT molecular complexity index is 669. The number of hydrogen-bond acceptors (Lipinski definition) is 5. The van der Waals surface area contributed by atoms with Crippen LogP contribution in [0.25, 0.3) is 10.3 Å². The third-order valence-corrected chi connectivity index (χ3v) is 5.42. The number of nitrogens with one attached hydrogen (secondary N) is 1. The standard InChI is InChI=1S/C15H20N4OS/c1-8-3-4-10(9(2)7-8)19-14(20)13-11(16)12-15(21-13)18-6-5-17-12/h5-6,8-10H,3-4,7,16H2,1-2H3,(H,19,20). The number of thiophene rings is 1. The monoisotopic (exact) mass is 304 g/mol. The van der Waals surface area contributed by atoms with Crippen molar-refractivity contribution < 1.29 is 4.79 Å². The summed E-state index contributed by atoms with van der Waals surface area (Å²) in [6.07, 6.45) is 6.58. The zero-order valence-electron chi connectivity index (χ0n) is 12.3. The summed E-state index contributed by atoms with van der Waals surface area (Å²) in [5.41, 5.74) is 7.11. The summed E-state index contributed by atoms with van der Waals surface area (Å²) in [7, 11) is 0. The van der Waals surface area contributed by atoms with Gasteiger partial charge in [-0.05, 0) is 31.1 Å². The highest BCUT2D eigenvalue weighted by Crippen LogP contribution is 2.32. The van der Waals surface area contributed by atoms with Gasteiger partial charge < -0.3 is 11.1 Å². The number of aromatic nitrogens is 2. The van der Waals surface area contributed by atoms with E-state index in [1.165, 1.54) is 17.8 Å². The molecule has 3 rings (SSSR count). The number of rotatable bonds is 2. The van der Waals surface area contributed by atoms with E-state index in [0.29, 0.717) is 26.8 Å². The second-order valence-corrected chi connectivity index (χ2v) is 7.03. The van der Waals surface area contributed by atoms with Crippen molar-refractivity contribution in [3.05, 3.63) is 17.3 Å². The van der Waals surface area contributed by atoms with E-state index in [0.717, 1.165) is 18.8 Å². The number of nitrogens with two attached hydrogens (primary N) is 1. The second kappa shape index (κ2) is 5.60. The number of fused-ring (bicyclic) bond motifs is 1. The fourth-order valence-electron chi connectivity index (χ4n) is 3.13. The third-order valence-electron chi connectivity index (χ3n) is 4.32. The molecule has 3 unspecified atom stereocenters. The molecule has 3 N–H and O–H groups in total. The number of carbonyl (C=O) groups is 1. The molecule has 1 aliphatic rings. The Morgan fingerprint density at radius 3 is 2.81 bits per heavy atom. The van der Waals surface area contributed by atoms with Crippen molar-refractivity contribution in [2.24, 2.45) is 11.8 Å². The lowest BCUT2D eigenvalue weighted by Gasteiger charge is -2.33. The van der Waals surface area contributed by atoms with E-state index in [1.54, 1.807) is 12.4 Å². The molecule has 2 aromatic heterocycles. The average molecular weight is 304 g/mol. The molecular formula is C15H20N4OS. The Hall–Kier alpha value is -1.69. The maximum atomic E-state index is 12.5. The molecule has 2 aromatic rings. The molecule has 1 amide bonds. The molecule has 0 bridgehead atoms. The smallest absolute Gasteiger partial charge is 0.263 e. The largest absolute Gasteiger partial charge is 0.396 e. The molecule has 0 aromatic carbocycles. The van der Waals surface area contributed by atoms with Gasteiger partial charge in [0.05, 0.1) is 5.69 Å². The Morgan fingerprint density at radius 2 is 2.10 bits per heavy atom. The van der Waals surface area contributed by atoms with Crippen molar-refractivity contribution in [3.8, 4) is 0 Å². The van der Waals surface area contributed by atoms with E-state index < -0.39 is 0 Å². The van der Waals surface area contributed by atoms with Gasteiger partial charge in [-0.25, -0.2) is 9.97 Å². The van der Waals surface area contributed by atoms with Crippen molar-refractivity contribution in [3.63, 3.8) is 0 Å². The number of hydrogen-bond donors (Lipinski definition) is 2. The van der Waals surface area contributed by atoms with Gasteiger partial charge in [-0.15, -0.1) is 11.3 Å². The minimum atomic E-state index is -0.0938. The minimum absolute atomic E-state index is 0.0938. The molecule has 1 aliphatic carbocycles. The molecule has 21 heavy (non-hydrogen) atoms. The quantitative estimate of drug-likeness (QED) is 0.894. The SMILES string of the molecule is CC1CCC(NC(=O)c2sc3nccnc3c2N)C(C)C1. The van der Waals surface area contributed by atoms with Crippen LogP contribution in [0.1, 0.15) is 42.8 Å². The Labute approximate surface area is 128 Å². The van der Waals surface area contributed by atoms with Crippen molar-refractivity contribution in [1.29, 1.82) is 0 Å². The first-order chi connectivity index (χ1) is 10.1. The number of nitrogens with zero attached hydrogens (tertiary/aromatic N) is 2. The van der Waals surface area contributed by atoms with Crippen molar-refractivity contribution in [1.82, 2.24) is 15.3 Å². The summed E-state index contributed by atoms with van der Waals surface area (Å²) in [4.78, 5) is 22.1. The fourth-order valence-corrected chi connectivity index (χ4v) is 4.05. The first-order valence-corrected chi connectivity index (χ1v) is 8.17. The molecule has 0 aliphatic heterocycles. The molecule has 0 saturated heterocycles. The fraction of sp³-hybridized carbons (Fsp3) is 0.533. The molecular weight excluding hydrogens is 284 g/mol. The van der Waals surface area contributed by atoms with Crippen LogP contribution in [0.2, 0.25) is 0 Å². The summed E-state index contributed by atoms with van der Waals surface area (Å²) < 4.78 is 0. The van der Waals surface area contributed by atoms with Crippen LogP contribution in [0.3, 0.4) is 0 Å². The summed E-state index contributed by atoms with van der Waals surface area (Å²) in [6.45, 7) is 4.48. The molecule has 0 spiro atoms. The molecule has 5 nitrogen and oxygen atoms in total. The van der Waals surface area contributed by atoms with Crippen LogP contribution in [0.15, 0.2) is 12.4 Å². The van der Waals surface area contributed by atoms with Crippen LogP contribution >= 0.6 is 11.3 Å². The first-order valence-electron chi connectivity index (χ1n) is 7.36. The van der Waals surface area contributed by atoms with Gasteiger partial charge in [-0.2, -0.15) is 0 Å². The summed E-state index contributed by atoms with van der Waals surface area (Å²) in [5, 5.41) is 3.14. The zero-order chi connectivity index (χ0) is 15.0. The second-order valence-electron chi connectivity index (χ2n) is 6.03. The van der Waals surface area contributed by atoms with Gasteiger partial charge >= 0.3 is 0 Å². The van der Waals surface area contributed by atoms with Crippen LogP contribution in [0, 0.1) is 11.8 Å². The van der Waals surface area contributed by atoms with Gasteiger partial charge in [0.2, 0.25) is 0 Å². The maximum Gasteiger partial charge on any atom is 0.263 e. The number of anilines is 1. The van der Waals surface area contributed by atoms with Crippen molar-refractivity contribution >= 4 is 33.3 Å². The van der Waals surface area contributed by atoms with E-state index in [-0.39, 0.29) is 11.9 Å². The lowest BCUT2D eigenvalue weighted by Crippen LogP contribution is -2.42. The van der Waals surface area contributed by atoms with Crippen LogP contribution in [0.5, 0.6) is 0 Å². The molecule has 0 radical (unpaired) electrons. The van der Waals surface area contributed by atoms with Gasteiger partial charge in [0.15, 0.2) is 0 Å². The molecule has 1 fully saturated rings. The minimum Gasteiger partial charge on any atom is -0.396 e. The number of amides is 1. The topological polar surface area (TPSA) is 80.9 Å². The highest BCUT2D eigenvalue weighted by molar-refractivity contribution is 7.21. The van der Waals surface area contributed by atoms with Crippen LogP contribution < -0.4 is 11.1 Å². The van der Waals surface area contributed by atoms with E-state index in [2.05, 4.69) is 29.1 Å². The molecule has 2 heterocycles. The normalized spacial score (nSPS) is 25.9. The third kappa shape index (κ3) is 2.72. The highest BCUT2D eigenvalue weighted by atomic mass is 32.1. The lowest BCUT2D eigenvalue weighted by atomic mass is 9.80. The van der Waals surface area contributed by atoms with Crippen molar-refractivity contribution in [2.75, 3.05) is 5.73 Å². The van der Waals surface area contributed by atoms with Crippen LogP contribution in [0.4, 0.5) is 5.69 Å². The van der Waals surface area contributed by atoms with E-state index in [4.69, 9.17) is 5.73 Å². The van der Waals surface area contributed by atoms with Gasteiger partial charge in [0.1, 0.15) is 15.2 Å². The number of nitrogen functional groups attached to an aromatic ring is 1. The molecule has 112 valence electrons. The van der Waals surface area contributed by atoms with E-state index in [9.17, 15) is 4.79 Å². The molecule has 3 atom stereocenters. The lowest BCUT2D eigenvalue weighted by molar-refractivity contribution is 0.0904. The zero-order valence-corrected chi connectivity index (χ0v) is 13.1.